The standard InChI is InChI=1S/C19H28N2O/c1-13(18(20)15-10-6-3-7-11-15)19(22)21-17-12-16(17)14-8-4-2-5-9-14/h3,6-7,10-11,13-14,16-18H,2,4-5,8-9,12,20H2,1H3,(H,21,22). The number of nitrogens with two attached hydrogens (primary N) is 1. The highest BCUT2D eigenvalue weighted by atomic mass is 16.2. The molecule has 120 valence electrons. The molecule has 22 heavy (non-hydrogen) atoms. The maximum atomic E-state index is 12.4. The SMILES string of the molecule is CC(C(=O)NC1CC1C1CCCCC1)C(N)c1ccccc1. The summed E-state index contributed by atoms with van der Waals surface area (Å²) in [5, 5.41) is 3.23. The van der Waals surface area contributed by atoms with Crippen molar-refractivity contribution < 1.29 is 4.79 Å². The second kappa shape index (κ2) is 6.82. The third-order valence-electron chi connectivity index (χ3n) is 5.56. The van der Waals surface area contributed by atoms with E-state index in [1.165, 1.54) is 38.5 Å². The lowest BCUT2D eigenvalue weighted by Crippen LogP contribution is -2.37. The van der Waals surface area contributed by atoms with Gasteiger partial charge in [-0.25, -0.2) is 0 Å². The zero-order chi connectivity index (χ0) is 15.5. The van der Waals surface area contributed by atoms with Gasteiger partial charge in [-0.05, 0) is 23.8 Å². The molecule has 3 nitrogen and oxygen atoms in total. The molecule has 1 aromatic carbocycles. The van der Waals surface area contributed by atoms with Gasteiger partial charge < -0.3 is 11.1 Å². The van der Waals surface area contributed by atoms with Gasteiger partial charge in [0, 0.05) is 12.1 Å². The van der Waals surface area contributed by atoms with Gasteiger partial charge in [-0.15, -0.1) is 0 Å². The molecule has 2 saturated carbocycles. The van der Waals surface area contributed by atoms with Crippen molar-refractivity contribution in [1.29, 1.82) is 0 Å². The van der Waals surface area contributed by atoms with Crippen LogP contribution >= 0.6 is 0 Å². The van der Waals surface area contributed by atoms with Crippen LogP contribution in [0.15, 0.2) is 30.3 Å². The monoisotopic (exact) mass is 300 g/mol. The maximum absolute atomic E-state index is 12.4. The fraction of sp³-hybridized carbons (Fsp3) is 0.632. The van der Waals surface area contributed by atoms with Gasteiger partial charge in [-0.3, -0.25) is 4.79 Å². The number of rotatable bonds is 5. The van der Waals surface area contributed by atoms with Crippen molar-refractivity contribution in [2.45, 2.75) is 57.5 Å². The van der Waals surface area contributed by atoms with E-state index in [1.54, 1.807) is 0 Å². The number of carbonyl (C=O) groups excluding carboxylic acids is 1. The minimum Gasteiger partial charge on any atom is -0.353 e. The minimum absolute atomic E-state index is 0.111. The average molecular weight is 300 g/mol. The van der Waals surface area contributed by atoms with Gasteiger partial charge in [0.15, 0.2) is 0 Å². The minimum atomic E-state index is -0.229. The van der Waals surface area contributed by atoms with Crippen molar-refractivity contribution in [3.63, 3.8) is 0 Å². The summed E-state index contributed by atoms with van der Waals surface area (Å²) in [6.45, 7) is 1.94. The molecule has 4 unspecified atom stereocenters. The summed E-state index contributed by atoms with van der Waals surface area (Å²) in [5.74, 6) is 1.50. The third kappa shape index (κ3) is 3.52. The van der Waals surface area contributed by atoms with Crippen molar-refractivity contribution in [3.8, 4) is 0 Å². The molecule has 0 aromatic heterocycles. The van der Waals surface area contributed by atoms with Gasteiger partial charge in [0.25, 0.3) is 0 Å². The Kier molecular flexibility index (Phi) is 4.82. The summed E-state index contributed by atoms with van der Waals surface area (Å²) < 4.78 is 0. The van der Waals surface area contributed by atoms with Crippen LogP contribution in [0, 0.1) is 17.8 Å². The molecule has 0 radical (unpaired) electrons. The molecule has 2 aliphatic rings. The molecule has 2 aliphatic carbocycles. The molecular formula is C19H28N2O. The third-order valence-corrected chi connectivity index (χ3v) is 5.56. The lowest BCUT2D eigenvalue weighted by Gasteiger charge is -2.23. The second-order valence-electron chi connectivity index (χ2n) is 7.14. The van der Waals surface area contributed by atoms with Crippen molar-refractivity contribution in [2.75, 3.05) is 0 Å². The molecule has 3 heteroatoms. The zero-order valence-electron chi connectivity index (χ0n) is 13.5. The van der Waals surface area contributed by atoms with Gasteiger partial charge >= 0.3 is 0 Å². The Morgan fingerprint density at radius 3 is 2.55 bits per heavy atom. The van der Waals surface area contributed by atoms with Gasteiger partial charge in [0.1, 0.15) is 0 Å². The van der Waals surface area contributed by atoms with Crippen molar-refractivity contribution in [1.82, 2.24) is 5.32 Å². The molecule has 3 rings (SSSR count). The van der Waals surface area contributed by atoms with Crippen molar-refractivity contribution in [3.05, 3.63) is 35.9 Å². The van der Waals surface area contributed by atoms with E-state index in [0.29, 0.717) is 6.04 Å². The summed E-state index contributed by atoms with van der Waals surface area (Å²) in [6, 6.07) is 10.1. The first-order valence-electron chi connectivity index (χ1n) is 8.77. The van der Waals surface area contributed by atoms with E-state index in [9.17, 15) is 4.79 Å². The average Bonchev–Trinajstić information content (AvgIpc) is 3.34. The van der Waals surface area contributed by atoms with Crippen LogP contribution in [0.2, 0.25) is 0 Å². The van der Waals surface area contributed by atoms with Gasteiger partial charge in [-0.2, -0.15) is 0 Å². The highest BCUT2D eigenvalue weighted by Crippen LogP contribution is 2.44. The Morgan fingerprint density at radius 1 is 1.18 bits per heavy atom. The molecule has 0 heterocycles. The van der Waals surface area contributed by atoms with E-state index in [1.807, 2.05) is 37.3 Å². The summed E-state index contributed by atoms with van der Waals surface area (Å²) in [6.07, 6.45) is 8.02. The molecule has 0 spiro atoms. The van der Waals surface area contributed by atoms with Crippen LogP contribution in [0.1, 0.15) is 57.1 Å². The van der Waals surface area contributed by atoms with E-state index in [-0.39, 0.29) is 17.9 Å². The molecule has 0 saturated heterocycles. The summed E-state index contributed by atoms with van der Waals surface area (Å²) in [5.41, 5.74) is 7.28. The van der Waals surface area contributed by atoms with Crippen LogP contribution in [-0.2, 0) is 4.79 Å². The summed E-state index contributed by atoms with van der Waals surface area (Å²) >= 11 is 0. The van der Waals surface area contributed by atoms with Crippen LogP contribution < -0.4 is 11.1 Å². The molecule has 3 N–H and O–H groups in total. The molecule has 1 aromatic rings. The molecule has 0 bridgehead atoms. The second-order valence-corrected chi connectivity index (χ2v) is 7.14. The Balaban J connectivity index is 1.50. The van der Waals surface area contributed by atoms with Gasteiger partial charge in [-0.1, -0.05) is 69.4 Å². The lowest BCUT2D eigenvalue weighted by molar-refractivity contribution is -0.125. The fourth-order valence-electron chi connectivity index (χ4n) is 3.91. The molecule has 0 aliphatic heterocycles. The first-order chi connectivity index (χ1) is 10.7. The van der Waals surface area contributed by atoms with Crippen molar-refractivity contribution >= 4 is 5.91 Å². The Bertz CT molecular complexity index is 495. The van der Waals surface area contributed by atoms with Crippen molar-refractivity contribution in [2.24, 2.45) is 23.5 Å². The van der Waals surface area contributed by atoms with E-state index >= 15 is 0 Å². The number of amides is 1. The lowest BCUT2D eigenvalue weighted by atomic mass is 9.85. The van der Waals surface area contributed by atoms with Crippen LogP contribution in [-0.4, -0.2) is 11.9 Å². The first kappa shape index (κ1) is 15.5. The Hall–Kier alpha value is -1.35. The topological polar surface area (TPSA) is 55.1 Å². The maximum Gasteiger partial charge on any atom is 0.224 e. The number of hydrogen-bond acceptors (Lipinski definition) is 2. The molecule has 1 amide bonds. The largest absolute Gasteiger partial charge is 0.353 e. The summed E-state index contributed by atoms with van der Waals surface area (Å²) in [4.78, 5) is 12.4. The van der Waals surface area contributed by atoms with E-state index < -0.39 is 0 Å². The Morgan fingerprint density at radius 2 is 1.86 bits per heavy atom. The predicted octanol–water partition coefficient (Wildman–Crippen LogP) is 3.41. The smallest absolute Gasteiger partial charge is 0.224 e. The van der Waals surface area contributed by atoms with E-state index in [0.717, 1.165) is 17.4 Å². The van der Waals surface area contributed by atoms with E-state index in [2.05, 4.69) is 5.32 Å². The number of nitrogens with one attached hydrogen (secondary N) is 1. The number of hydrogen-bond donors (Lipinski definition) is 2. The zero-order valence-corrected chi connectivity index (χ0v) is 13.5. The van der Waals surface area contributed by atoms with Gasteiger partial charge in [0.05, 0.1) is 5.92 Å². The van der Waals surface area contributed by atoms with Crippen LogP contribution in [0.3, 0.4) is 0 Å². The molecule has 4 atom stereocenters. The van der Waals surface area contributed by atoms with Crippen LogP contribution in [0.4, 0.5) is 0 Å². The number of benzene rings is 1. The quantitative estimate of drug-likeness (QED) is 0.875. The van der Waals surface area contributed by atoms with E-state index in [4.69, 9.17) is 5.73 Å². The predicted molar refractivity (Wildman–Crippen MR) is 89.1 cm³/mol. The fourth-order valence-corrected chi connectivity index (χ4v) is 3.91. The van der Waals surface area contributed by atoms with Crippen LogP contribution in [0.25, 0.3) is 0 Å². The van der Waals surface area contributed by atoms with Gasteiger partial charge in [0.2, 0.25) is 5.91 Å². The summed E-state index contributed by atoms with van der Waals surface area (Å²) in [7, 11) is 0. The normalized spacial score (nSPS) is 27.9. The van der Waals surface area contributed by atoms with Crippen LogP contribution in [0.5, 0.6) is 0 Å². The Labute approximate surface area is 133 Å². The first-order valence-corrected chi connectivity index (χ1v) is 8.77. The highest BCUT2D eigenvalue weighted by molar-refractivity contribution is 5.80. The highest BCUT2D eigenvalue weighted by Gasteiger charge is 2.44. The number of carbonyl (C=O) groups is 1. The molecule has 2 fully saturated rings. The molecular weight excluding hydrogens is 272 g/mol.